The first-order chi connectivity index (χ1) is 8.50. The van der Waals surface area contributed by atoms with Crippen LogP contribution in [0.15, 0.2) is 35.9 Å². The van der Waals surface area contributed by atoms with Gasteiger partial charge in [0.05, 0.1) is 0 Å². The van der Waals surface area contributed by atoms with E-state index in [1.807, 2.05) is 44.2 Å². The molecule has 3 heteroatoms. The zero-order chi connectivity index (χ0) is 13.5. The normalized spacial score (nSPS) is 11.6. The van der Waals surface area contributed by atoms with Crippen LogP contribution in [0.5, 0.6) is 0 Å². The summed E-state index contributed by atoms with van der Waals surface area (Å²) in [4.78, 5) is 22.6. The standard InChI is InChI=1S/C15H18O3/c1-11(2)15(18)13(8-9-14(16)17)10-12-6-4-3-5-7-12/h3-7,10-11H,8-9H2,1-2H3,(H,16,17). The summed E-state index contributed by atoms with van der Waals surface area (Å²) in [6, 6.07) is 9.47. The van der Waals surface area contributed by atoms with E-state index < -0.39 is 5.97 Å². The Morgan fingerprint density at radius 1 is 1.17 bits per heavy atom. The number of allylic oxidation sites excluding steroid dienone is 1. The van der Waals surface area contributed by atoms with E-state index in [-0.39, 0.29) is 24.5 Å². The van der Waals surface area contributed by atoms with Crippen molar-refractivity contribution in [2.45, 2.75) is 26.7 Å². The van der Waals surface area contributed by atoms with Gasteiger partial charge < -0.3 is 5.11 Å². The van der Waals surface area contributed by atoms with Crippen molar-refractivity contribution in [2.75, 3.05) is 0 Å². The lowest BCUT2D eigenvalue weighted by Crippen LogP contribution is -2.11. The van der Waals surface area contributed by atoms with Gasteiger partial charge in [0.25, 0.3) is 0 Å². The molecule has 0 atom stereocenters. The molecule has 1 N–H and O–H groups in total. The second-order valence-corrected chi connectivity index (χ2v) is 4.49. The third-order valence-electron chi connectivity index (χ3n) is 2.59. The van der Waals surface area contributed by atoms with Gasteiger partial charge in [-0.3, -0.25) is 9.59 Å². The number of carboxylic acid groups (broad SMARTS) is 1. The first kappa shape index (κ1) is 14.2. The number of hydrogen-bond acceptors (Lipinski definition) is 2. The second-order valence-electron chi connectivity index (χ2n) is 4.49. The Kier molecular flexibility index (Phi) is 5.31. The summed E-state index contributed by atoms with van der Waals surface area (Å²) >= 11 is 0. The van der Waals surface area contributed by atoms with Gasteiger partial charge in [0.1, 0.15) is 0 Å². The van der Waals surface area contributed by atoms with Crippen molar-refractivity contribution >= 4 is 17.8 Å². The largest absolute Gasteiger partial charge is 0.481 e. The Labute approximate surface area is 107 Å². The predicted octanol–water partition coefficient (Wildman–Crippen LogP) is 3.16. The number of Topliss-reactive ketones (excluding diaryl/α,β-unsaturated/α-hetero) is 1. The molecule has 0 heterocycles. The van der Waals surface area contributed by atoms with Crippen LogP contribution in [0.3, 0.4) is 0 Å². The zero-order valence-electron chi connectivity index (χ0n) is 10.7. The Bertz CT molecular complexity index is 444. The van der Waals surface area contributed by atoms with Crippen LogP contribution in [-0.2, 0) is 9.59 Å². The van der Waals surface area contributed by atoms with Crippen molar-refractivity contribution in [2.24, 2.45) is 5.92 Å². The van der Waals surface area contributed by atoms with Crippen LogP contribution in [0.4, 0.5) is 0 Å². The van der Waals surface area contributed by atoms with Crippen molar-refractivity contribution in [1.82, 2.24) is 0 Å². The predicted molar refractivity (Wildman–Crippen MR) is 71.1 cm³/mol. The summed E-state index contributed by atoms with van der Waals surface area (Å²) in [5.41, 5.74) is 1.51. The van der Waals surface area contributed by atoms with Gasteiger partial charge in [0, 0.05) is 12.3 Å². The summed E-state index contributed by atoms with van der Waals surface area (Å²) < 4.78 is 0. The topological polar surface area (TPSA) is 54.4 Å². The molecule has 0 aliphatic heterocycles. The molecule has 0 aromatic heterocycles. The number of carbonyl (C=O) groups is 2. The highest BCUT2D eigenvalue weighted by molar-refractivity contribution is 6.01. The molecular formula is C15H18O3. The van der Waals surface area contributed by atoms with Gasteiger partial charge in [-0.15, -0.1) is 0 Å². The van der Waals surface area contributed by atoms with Crippen molar-refractivity contribution in [3.05, 3.63) is 41.5 Å². The number of ketones is 1. The average molecular weight is 246 g/mol. The van der Waals surface area contributed by atoms with Gasteiger partial charge in [-0.25, -0.2) is 0 Å². The molecule has 1 rings (SSSR count). The summed E-state index contributed by atoms with van der Waals surface area (Å²) in [5, 5.41) is 8.71. The van der Waals surface area contributed by atoms with E-state index >= 15 is 0 Å². The number of aliphatic carboxylic acids is 1. The van der Waals surface area contributed by atoms with E-state index in [1.54, 1.807) is 6.08 Å². The van der Waals surface area contributed by atoms with Gasteiger partial charge in [-0.05, 0) is 23.6 Å². The molecule has 0 amide bonds. The second kappa shape index (κ2) is 6.74. The van der Waals surface area contributed by atoms with Crippen LogP contribution >= 0.6 is 0 Å². The third-order valence-corrected chi connectivity index (χ3v) is 2.59. The molecule has 3 nitrogen and oxygen atoms in total. The van der Waals surface area contributed by atoms with E-state index in [9.17, 15) is 9.59 Å². The maximum Gasteiger partial charge on any atom is 0.303 e. The monoisotopic (exact) mass is 246 g/mol. The molecule has 0 aliphatic rings. The van der Waals surface area contributed by atoms with Crippen LogP contribution in [0.25, 0.3) is 6.08 Å². The van der Waals surface area contributed by atoms with Crippen LogP contribution in [-0.4, -0.2) is 16.9 Å². The Morgan fingerprint density at radius 3 is 2.28 bits per heavy atom. The van der Waals surface area contributed by atoms with Crippen molar-refractivity contribution in [3.63, 3.8) is 0 Å². The van der Waals surface area contributed by atoms with Crippen LogP contribution in [0.2, 0.25) is 0 Å². The van der Waals surface area contributed by atoms with Crippen LogP contribution < -0.4 is 0 Å². The number of carbonyl (C=O) groups excluding carboxylic acids is 1. The van der Waals surface area contributed by atoms with E-state index in [4.69, 9.17) is 5.11 Å². The van der Waals surface area contributed by atoms with Crippen LogP contribution in [0.1, 0.15) is 32.3 Å². The minimum absolute atomic E-state index is 0.0140. The minimum Gasteiger partial charge on any atom is -0.481 e. The van der Waals surface area contributed by atoms with Gasteiger partial charge >= 0.3 is 5.97 Å². The minimum atomic E-state index is -0.884. The van der Waals surface area contributed by atoms with Crippen molar-refractivity contribution < 1.29 is 14.7 Å². The fraction of sp³-hybridized carbons (Fsp3) is 0.333. The molecule has 1 aromatic carbocycles. The molecule has 0 spiro atoms. The highest BCUT2D eigenvalue weighted by Gasteiger charge is 2.14. The fourth-order valence-corrected chi connectivity index (χ4v) is 1.63. The van der Waals surface area contributed by atoms with Gasteiger partial charge in [-0.1, -0.05) is 44.2 Å². The fourth-order valence-electron chi connectivity index (χ4n) is 1.63. The summed E-state index contributed by atoms with van der Waals surface area (Å²) in [6.45, 7) is 3.64. The molecule has 0 fully saturated rings. The van der Waals surface area contributed by atoms with Gasteiger partial charge in [-0.2, -0.15) is 0 Å². The molecule has 0 saturated carbocycles. The van der Waals surface area contributed by atoms with Crippen molar-refractivity contribution in [3.8, 4) is 0 Å². The van der Waals surface area contributed by atoms with Crippen molar-refractivity contribution in [1.29, 1.82) is 0 Å². The van der Waals surface area contributed by atoms with E-state index in [0.29, 0.717) is 5.57 Å². The lowest BCUT2D eigenvalue weighted by molar-refractivity contribution is -0.136. The number of carboxylic acids is 1. The number of hydrogen-bond donors (Lipinski definition) is 1. The molecule has 96 valence electrons. The molecule has 0 bridgehead atoms. The van der Waals surface area contributed by atoms with E-state index in [1.165, 1.54) is 0 Å². The maximum absolute atomic E-state index is 12.0. The highest BCUT2D eigenvalue weighted by Crippen LogP contribution is 2.16. The van der Waals surface area contributed by atoms with Gasteiger partial charge in [0.15, 0.2) is 5.78 Å². The number of benzene rings is 1. The molecule has 0 radical (unpaired) electrons. The number of rotatable bonds is 6. The Hall–Kier alpha value is -1.90. The van der Waals surface area contributed by atoms with Crippen LogP contribution in [0, 0.1) is 5.92 Å². The molecule has 18 heavy (non-hydrogen) atoms. The highest BCUT2D eigenvalue weighted by atomic mass is 16.4. The maximum atomic E-state index is 12.0. The molecular weight excluding hydrogens is 228 g/mol. The summed E-state index contributed by atoms with van der Waals surface area (Å²) in [5.74, 6) is -0.987. The lowest BCUT2D eigenvalue weighted by atomic mass is 9.95. The molecule has 0 saturated heterocycles. The average Bonchev–Trinajstić information content (AvgIpc) is 2.34. The van der Waals surface area contributed by atoms with Gasteiger partial charge in [0.2, 0.25) is 0 Å². The SMILES string of the molecule is CC(C)C(=O)C(=Cc1ccccc1)CCC(=O)O. The van der Waals surface area contributed by atoms with E-state index in [2.05, 4.69) is 0 Å². The lowest BCUT2D eigenvalue weighted by Gasteiger charge is -2.08. The first-order valence-electron chi connectivity index (χ1n) is 6.02. The molecule has 0 aliphatic carbocycles. The first-order valence-corrected chi connectivity index (χ1v) is 6.02. The summed E-state index contributed by atoms with van der Waals surface area (Å²) in [6.07, 6.45) is 2.05. The third kappa shape index (κ3) is 4.53. The Morgan fingerprint density at radius 2 is 1.78 bits per heavy atom. The Balaban J connectivity index is 2.93. The zero-order valence-corrected chi connectivity index (χ0v) is 10.7. The molecule has 0 unspecified atom stereocenters. The van der Waals surface area contributed by atoms with E-state index in [0.717, 1.165) is 5.56 Å². The summed E-state index contributed by atoms with van der Waals surface area (Å²) in [7, 11) is 0. The molecule has 1 aromatic rings. The quantitative estimate of drug-likeness (QED) is 0.784. The smallest absolute Gasteiger partial charge is 0.303 e.